The van der Waals surface area contributed by atoms with E-state index < -0.39 is 0 Å². The predicted octanol–water partition coefficient (Wildman–Crippen LogP) is 2.78. The molecule has 0 saturated heterocycles. The van der Waals surface area contributed by atoms with E-state index in [1.54, 1.807) is 12.1 Å². The smallest absolute Gasteiger partial charge is 0.145 e. The molecule has 1 heterocycles. The number of nitrogens with one attached hydrogen (secondary N) is 2. The van der Waals surface area contributed by atoms with Gasteiger partial charge in [0.1, 0.15) is 29.0 Å². The summed E-state index contributed by atoms with van der Waals surface area (Å²) in [6, 6.07) is 5.89. The van der Waals surface area contributed by atoms with Gasteiger partial charge >= 0.3 is 0 Å². The second-order valence-corrected chi connectivity index (χ2v) is 4.77. The Labute approximate surface area is 122 Å². The third kappa shape index (κ3) is 3.57. The normalized spacial score (nSPS) is 10.6. The van der Waals surface area contributed by atoms with Crippen molar-refractivity contribution in [3.05, 3.63) is 35.9 Å². The zero-order valence-electron chi connectivity index (χ0n) is 12.1. The van der Waals surface area contributed by atoms with Crippen molar-refractivity contribution in [2.75, 3.05) is 17.9 Å². The zero-order chi connectivity index (χ0) is 15.4. The number of anilines is 3. The number of rotatable bonds is 5. The van der Waals surface area contributed by atoms with Crippen LogP contribution in [0.5, 0.6) is 5.75 Å². The average Bonchev–Trinajstić information content (AvgIpc) is 2.48. The lowest BCUT2D eigenvalue weighted by atomic mass is 10.2. The van der Waals surface area contributed by atoms with Crippen molar-refractivity contribution in [3.63, 3.8) is 0 Å². The standard InChI is InChI=1S/C14H18FN5O/c1-8(2)14-18-12(7-13(19-14)20-16)17-10-5-4-9(15)6-11(10)21-3/h4-8H,16H2,1-3H3,(H2,17,18,19,20). The van der Waals surface area contributed by atoms with E-state index in [1.807, 2.05) is 13.8 Å². The Morgan fingerprint density at radius 2 is 1.90 bits per heavy atom. The number of halogens is 1. The summed E-state index contributed by atoms with van der Waals surface area (Å²) in [4.78, 5) is 8.68. The van der Waals surface area contributed by atoms with Crippen LogP contribution in [0, 0.1) is 5.82 Å². The van der Waals surface area contributed by atoms with Crippen LogP contribution < -0.4 is 21.3 Å². The number of nitrogen functional groups attached to an aromatic ring is 1. The van der Waals surface area contributed by atoms with E-state index in [0.29, 0.717) is 28.9 Å². The van der Waals surface area contributed by atoms with Gasteiger partial charge < -0.3 is 15.5 Å². The summed E-state index contributed by atoms with van der Waals surface area (Å²) in [5, 5.41) is 3.08. The molecule has 6 nitrogen and oxygen atoms in total. The molecule has 0 aliphatic heterocycles. The fraction of sp³-hybridized carbons (Fsp3) is 0.286. The molecule has 0 saturated carbocycles. The molecule has 4 N–H and O–H groups in total. The number of methoxy groups -OCH3 is 1. The van der Waals surface area contributed by atoms with E-state index in [9.17, 15) is 4.39 Å². The van der Waals surface area contributed by atoms with E-state index in [1.165, 1.54) is 19.2 Å². The number of ether oxygens (including phenoxy) is 1. The molecule has 112 valence electrons. The quantitative estimate of drug-likeness (QED) is 0.580. The van der Waals surface area contributed by atoms with Gasteiger partial charge in [0.25, 0.3) is 0 Å². The summed E-state index contributed by atoms with van der Waals surface area (Å²) in [6.45, 7) is 3.97. The Balaban J connectivity index is 2.37. The first-order chi connectivity index (χ1) is 10.0. The number of nitrogens with zero attached hydrogens (tertiary/aromatic N) is 2. The third-order valence-corrected chi connectivity index (χ3v) is 2.83. The molecular weight excluding hydrogens is 273 g/mol. The van der Waals surface area contributed by atoms with Crippen LogP contribution in [0.1, 0.15) is 25.6 Å². The zero-order valence-corrected chi connectivity index (χ0v) is 12.1. The molecule has 1 aromatic heterocycles. The largest absolute Gasteiger partial charge is 0.494 e. The van der Waals surface area contributed by atoms with Gasteiger partial charge in [0.15, 0.2) is 0 Å². The van der Waals surface area contributed by atoms with Crippen LogP contribution in [-0.2, 0) is 0 Å². The molecule has 0 aliphatic rings. The lowest BCUT2D eigenvalue weighted by Crippen LogP contribution is -2.12. The summed E-state index contributed by atoms with van der Waals surface area (Å²) in [5.74, 6) is 7.28. The van der Waals surface area contributed by atoms with Gasteiger partial charge in [-0.2, -0.15) is 0 Å². The van der Waals surface area contributed by atoms with Crippen molar-refractivity contribution >= 4 is 17.3 Å². The third-order valence-electron chi connectivity index (χ3n) is 2.83. The first kappa shape index (κ1) is 15.0. The molecule has 0 atom stereocenters. The maximum atomic E-state index is 13.2. The topological polar surface area (TPSA) is 85.1 Å². The molecule has 0 bridgehead atoms. The predicted molar refractivity (Wildman–Crippen MR) is 80.2 cm³/mol. The van der Waals surface area contributed by atoms with Crippen LogP contribution in [0.15, 0.2) is 24.3 Å². The molecule has 0 aliphatic carbocycles. The monoisotopic (exact) mass is 291 g/mol. The molecule has 0 amide bonds. The Hall–Kier alpha value is -2.41. The first-order valence-electron chi connectivity index (χ1n) is 6.49. The fourth-order valence-corrected chi connectivity index (χ4v) is 1.77. The molecule has 2 rings (SSSR count). The first-order valence-corrected chi connectivity index (χ1v) is 6.49. The number of benzene rings is 1. The molecule has 7 heteroatoms. The Kier molecular flexibility index (Phi) is 4.54. The summed E-state index contributed by atoms with van der Waals surface area (Å²) in [7, 11) is 1.48. The number of aromatic nitrogens is 2. The van der Waals surface area contributed by atoms with Crippen molar-refractivity contribution in [3.8, 4) is 5.75 Å². The molecule has 1 aromatic carbocycles. The molecule has 21 heavy (non-hydrogen) atoms. The lowest BCUT2D eigenvalue weighted by Gasteiger charge is -2.13. The average molecular weight is 291 g/mol. The van der Waals surface area contributed by atoms with Crippen molar-refractivity contribution in [2.24, 2.45) is 5.84 Å². The van der Waals surface area contributed by atoms with E-state index in [2.05, 4.69) is 20.7 Å². The van der Waals surface area contributed by atoms with Crippen molar-refractivity contribution < 1.29 is 9.13 Å². The summed E-state index contributed by atoms with van der Waals surface area (Å²) >= 11 is 0. The Bertz CT molecular complexity index is 633. The maximum absolute atomic E-state index is 13.2. The number of hydrazine groups is 1. The second kappa shape index (κ2) is 6.36. The van der Waals surface area contributed by atoms with Crippen molar-refractivity contribution in [2.45, 2.75) is 19.8 Å². The van der Waals surface area contributed by atoms with E-state index >= 15 is 0 Å². The van der Waals surface area contributed by atoms with Crippen LogP contribution in [0.2, 0.25) is 0 Å². The molecule has 0 spiro atoms. The second-order valence-electron chi connectivity index (χ2n) is 4.77. The lowest BCUT2D eigenvalue weighted by molar-refractivity contribution is 0.413. The molecule has 0 fully saturated rings. The van der Waals surface area contributed by atoms with Crippen LogP contribution in [0.3, 0.4) is 0 Å². The van der Waals surface area contributed by atoms with Gasteiger partial charge in [-0.05, 0) is 12.1 Å². The molecule has 0 unspecified atom stereocenters. The van der Waals surface area contributed by atoms with Crippen LogP contribution >= 0.6 is 0 Å². The summed E-state index contributed by atoms with van der Waals surface area (Å²) in [5.41, 5.74) is 3.11. The van der Waals surface area contributed by atoms with Crippen LogP contribution in [0.25, 0.3) is 0 Å². The van der Waals surface area contributed by atoms with E-state index in [4.69, 9.17) is 10.6 Å². The Morgan fingerprint density at radius 3 is 2.52 bits per heavy atom. The highest BCUT2D eigenvalue weighted by atomic mass is 19.1. The van der Waals surface area contributed by atoms with Gasteiger partial charge in [-0.25, -0.2) is 20.2 Å². The van der Waals surface area contributed by atoms with Gasteiger partial charge in [0.05, 0.1) is 12.8 Å². The minimum absolute atomic E-state index is 0.147. The van der Waals surface area contributed by atoms with E-state index in [0.717, 1.165) is 0 Å². The molecular formula is C14H18FN5O. The van der Waals surface area contributed by atoms with E-state index in [-0.39, 0.29) is 11.7 Å². The fourth-order valence-electron chi connectivity index (χ4n) is 1.77. The molecule has 2 aromatic rings. The summed E-state index contributed by atoms with van der Waals surface area (Å²) < 4.78 is 18.3. The minimum Gasteiger partial charge on any atom is -0.494 e. The number of hydrogen-bond acceptors (Lipinski definition) is 6. The highest BCUT2D eigenvalue weighted by Crippen LogP contribution is 2.28. The van der Waals surface area contributed by atoms with Gasteiger partial charge in [0, 0.05) is 18.1 Å². The van der Waals surface area contributed by atoms with Gasteiger partial charge in [-0.15, -0.1) is 0 Å². The highest BCUT2D eigenvalue weighted by Gasteiger charge is 2.10. The Morgan fingerprint density at radius 1 is 1.19 bits per heavy atom. The van der Waals surface area contributed by atoms with Gasteiger partial charge in [0.2, 0.25) is 0 Å². The highest BCUT2D eigenvalue weighted by molar-refractivity contribution is 5.65. The van der Waals surface area contributed by atoms with Crippen LogP contribution in [0.4, 0.5) is 21.7 Å². The number of nitrogens with two attached hydrogens (primary N) is 1. The van der Waals surface area contributed by atoms with Gasteiger partial charge in [-0.1, -0.05) is 13.8 Å². The van der Waals surface area contributed by atoms with Crippen molar-refractivity contribution in [1.29, 1.82) is 0 Å². The summed E-state index contributed by atoms with van der Waals surface area (Å²) in [6.07, 6.45) is 0. The van der Waals surface area contributed by atoms with Gasteiger partial charge in [-0.3, -0.25) is 0 Å². The SMILES string of the molecule is COc1cc(F)ccc1Nc1cc(NN)nc(C(C)C)n1. The maximum Gasteiger partial charge on any atom is 0.145 e. The van der Waals surface area contributed by atoms with Crippen molar-refractivity contribution in [1.82, 2.24) is 9.97 Å². The number of hydrogen-bond donors (Lipinski definition) is 3. The minimum atomic E-state index is -0.368. The molecule has 0 radical (unpaired) electrons. The van der Waals surface area contributed by atoms with Crippen LogP contribution in [-0.4, -0.2) is 17.1 Å².